The zero-order valence-corrected chi connectivity index (χ0v) is 11.2. The lowest BCUT2D eigenvalue weighted by Crippen LogP contribution is -2.34. The minimum atomic E-state index is -4.12. The van der Waals surface area contributed by atoms with Crippen LogP contribution in [-0.2, 0) is 14.1 Å². The highest BCUT2D eigenvalue weighted by Gasteiger charge is 2.39. The number of ether oxygens (including phenoxy) is 1. The third-order valence-electron chi connectivity index (χ3n) is 2.54. The number of carbonyl (C=O) groups excluding carboxylic acids is 1. The predicted octanol–water partition coefficient (Wildman–Crippen LogP) is 1.78. The second kappa shape index (κ2) is 5.80. The molecule has 5 nitrogen and oxygen atoms in total. The van der Waals surface area contributed by atoms with Gasteiger partial charge in [0, 0.05) is 0 Å². The van der Waals surface area contributed by atoms with Crippen molar-refractivity contribution < 1.29 is 23.9 Å². The first kappa shape index (κ1) is 15.6. The number of rotatable bonds is 6. The Balaban J connectivity index is 4.79. The van der Waals surface area contributed by atoms with Crippen LogP contribution in [0.4, 0.5) is 0 Å². The molecular formula is C10H21O5P. The maximum absolute atomic E-state index is 11.6. The molecule has 0 aromatic heterocycles. The van der Waals surface area contributed by atoms with E-state index in [1.54, 1.807) is 20.8 Å². The van der Waals surface area contributed by atoms with E-state index in [0.29, 0.717) is 6.42 Å². The molecule has 0 radical (unpaired) electrons. The molecule has 0 rings (SSSR count). The third kappa shape index (κ3) is 5.10. The van der Waals surface area contributed by atoms with E-state index in [9.17, 15) is 9.36 Å². The summed E-state index contributed by atoms with van der Waals surface area (Å²) in [7, 11) is -4.12. The first-order valence-corrected chi connectivity index (χ1v) is 7.15. The molecule has 1 unspecified atom stereocenters. The summed E-state index contributed by atoms with van der Waals surface area (Å²) < 4.78 is 15.9. The van der Waals surface area contributed by atoms with Crippen molar-refractivity contribution >= 4 is 13.6 Å². The SMILES string of the molecule is CCOC(=O)C(CC)C(C)(C)CP(=O)(O)O. The second-order valence-electron chi connectivity index (χ2n) is 4.52. The molecule has 0 aromatic carbocycles. The fraction of sp³-hybridized carbons (Fsp3) is 0.900. The van der Waals surface area contributed by atoms with Crippen LogP contribution >= 0.6 is 7.60 Å². The van der Waals surface area contributed by atoms with Crippen LogP contribution in [0.15, 0.2) is 0 Å². The molecule has 0 saturated carbocycles. The summed E-state index contributed by atoms with van der Waals surface area (Å²) >= 11 is 0. The van der Waals surface area contributed by atoms with E-state index in [1.165, 1.54) is 0 Å². The summed E-state index contributed by atoms with van der Waals surface area (Å²) in [5.74, 6) is -0.872. The number of carbonyl (C=O) groups is 1. The molecule has 0 fully saturated rings. The monoisotopic (exact) mass is 252 g/mol. The van der Waals surface area contributed by atoms with Crippen LogP contribution in [-0.4, -0.2) is 28.5 Å². The van der Waals surface area contributed by atoms with Gasteiger partial charge in [-0.15, -0.1) is 0 Å². The van der Waals surface area contributed by atoms with Gasteiger partial charge in [-0.05, 0) is 18.8 Å². The van der Waals surface area contributed by atoms with Gasteiger partial charge >= 0.3 is 13.6 Å². The summed E-state index contributed by atoms with van der Waals surface area (Å²) in [4.78, 5) is 29.6. The van der Waals surface area contributed by atoms with Gasteiger partial charge in [0.2, 0.25) is 0 Å². The van der Waals surface area contributed by atoms with Crippen molar-refractivity contribution in [2.45, 2.75) is 34.1 Å². The highest BCUT2D eigenvalue weighted by atomic mass is 31.2. The number of hydrogen-bond donors (Lipinski definition) is 2. The summed E-state index contributed by atoms with van der Waals surface area (Å²) in [6.45, 7) is 7.15. The van der Waals surface area contributed by atoms with E-state index in [0.717, 1.165) is 0 Å². The molecule has 0 amide bonds. The third-order valence-corrected chi connectivity index (χ3v) is 3.76. The molecule has 0 aliphatic heterocycles. The van der Waals surface area contributed by atoms with E-state index in [4.69, 9.17) is 14.5 Å². The van der Waals surface area contributed by atoms with E-state index in [-0.39, 0.29) is 18.7 Å². The molecule has 0 bridgehead atoms. The standard InChI is InChI=1S/C10H21O5P/c1-5-8(9(11)15-6-2)10(3,4)7-16(12,13)14/h8H,5-7H2,1-4H3,(H2,12,13,14). The van der Waals surface area contributed by atoms with Crippen molar-refractivity contribution in [3.05, 3.63) is 0 Å². The van der Waals surface area contributed by atoms with Gasteiger partial charge < -0.3 is 14.5 Å². The minimum absolute atomic E-state index is 0.279. The number of hydrogen-bond acceptors (Lipinski definition) is 3. The molecule has 0 aliphatic carbocycles. The fourth-order valence-corrected chi connectivity index (χ4v) is 3.20. The molecule has 0 heterocycles. The van der Waals surface area contributed by atoms with Crippen LogP contribution in [0.25, 0.3) is 0 Å². The van der Waals surface area contributed by atoms with E-state index in [1.807, 2.05) is 6.92 Å². The molecule has 0 saturated heterocycles. The lowest BCUT2D eigenvalue weighted by atomic mass is 9.79. The highest BCUT2D eigenvalue weighted by Crippen LogP contribution is 2.45. The maximum atomic E-state index is 11.6. The van der Waals surface area contributed by atoms with Gasteiger partial charge in [-0.3, -0.25) is 9.36 Å². The van der Waals surface area contributed by atoms with Crippen LogP contribution in [0.5, 0.6) is 0 Å². The lowest BCUT2D eigenvalue weighted by molar-refractivity contribution is -0.151. The first-order chi connectivity index (χ1) is 7.14. The Morgan fingerprint density at radius 1 is 1.38 bits per heavy atom. The molecule has 0 aliphatic rings. The Morgan fingerprint density at radius 2 is 1.88 bits per heavy atom. The Bertz CT molecular complexity index is 281. The molecular weight excluding hydrogens is 231 g/mol. The zero-order valence-electron chi connectivity index (χ0n) is 10.3. The van der Waals surface area contributed by atoms with Crippen molar-refractivity contribution in [2.75, 3.05) is 12.8 Å². The van der Waals surface area contributed by atoms with E-state index >= 15 is 0 Å². The number of esters is 1. The topological polar surface area (TPSA) is 83.8 Å². The summed E-state index contributed by atoms with van der Waals surface area (Å²) in [6, 6.07) is 0. The van der Waals surface area contributed by atoms with Gasteiger partial charge in [-0.25, -0.2) is 0 Å². The van der Waals surface area contributed by atoms with Crippen LogP contribution in [0.2, 0.25) is 0 Å². The molecule has 0 spiro atoms. The van der Waals surface area contributed by atoms with Crippen molar-refractivity contribution in [3.63, 3.8) is 0 Å². The predicted molar refractivity (Wildman–Crippen MR) is 61.1 cm³/mol. The van der Waals surface area contributed by atoms with Crippen LogP contribution in [0, 0.1) is 11.3 Å². The Morgan fingerprint density at radius 3 is 2.19 bits per heavy atom. The average Bonchev–Trinajstić information content (AvgIpc) is 1.99. The summed E-state index contributed by atoms with van der Waals surface area (Å²) in [6.07, 6.45) is 0.198. The molecule has 6 heteroatoms. The molecule has 16 heavy (non-hydrogen) atoms. The Kier molecular flexibility index (Phi) is 5.66. The van der Waals surface area contributed by atoms with Crippen molar-refractivity contribution in [2.24, 2.45) is 11.3 Å². The Labute approximate surface area is 96.4 Å². The molecule has 96 valence electrons. The van der Waals surface area contributed by atoms with Crippen LogP contribution in [0.3, 0.4) is 0 Å². The smallest absolute Gasteiger partial charge is 0.326 e. The molecule has 1 atom stereocenters. The lowest BCUT2D eigenvalue weighted by Gasteiger charge is -2.32. The quantitative estimate of drug-likeness (QED) is 0.556. The fourth-order valence-electron chi connectivity index (χ4n) is 1.92. The first-order valence-electron chi connectivity index (χ1n) is 5.35. The molecule has 2 N–H and O–H groups in total. The maximum Gasteiger partial charge on any atom is 0.326 e. The normalized spacial score (nSPS) is 14.6. The van der Waals surface area contributed by atoms with Gasteiger partial charge in [0.1, 0.15) is 0 Å². The van der Waals surface area contributed by atoms with Crippen molar-refractivity contribution in [3.8, 4) is 0 Å². The largest absolute Gasteiger partial charge is 0.466 e. The second-order valence-corrected chi connectivity index (χ2v) is 6.17. The van der Waals surface area contributed by atoms with Gasteiger partial charge in [0.25, 0.3) is 0 Å². The van der Waals surface area contributed by atoms with Crippen LogP contribution < -0.4 is 0 Å². The minimum Gasteiger partial charge on any atom is -0.466 e. The average molecular weight is 252 g/mol. The zero-order chi connectivity index (χ0) is 13.0. The van der Waals surface area contributed by atoms with Gasteiger partial charge in [-0.2, -0.15) is 0 Å². The van der Waals surface area contributed by atoms with Crippen molar-refractivity contribution in [1.29, 1.82) is 0 Å². The molecule has 0 aromatic rings. The van der Waals surface area contributed by atoms with Gasteiger partial charge in [0.15, 0.2) is 0 Å². The highest BCUT2D eigenvalue weighted by molar-refractivity contribution is 7.51. The van der Waals surface area contributed by atoms with Gasteiger partial charge in [0.05, 0.1) is 18.7 Å². The Hall–Kier alpha value is -0.380. The van der Waals surface area contributed by atoms with Gasteiger partial charge in [-0.1, -0.05) is 20.8 Å². The summed E-state index contributed by atoms with van der Waals surface area (Å²) in [5.41, 5.74) is -0.764. The van der Waals surface area contributed by atoms with E-state index < -0.39 is 18.9 Å². The van der Waals surface area contributed by atoms with Crippen molar-refractivity contribution in [1.82, 2.24) is 0 Å². The summed E-state index contributed by atoms with van der Waals surface area (Å²) in [5, 5.41) is 0. The van der Waals surface area contributed by atoms with Crippen LogP contribution in [0.1, 0.15) is 34.1 Å². The van der Waals surface area contributed by atoms with E-state index in [2.05, 4.69) is 0 Å².